The number of hydrogen-bond acceptors (Lipinski definition) is 4. The van der Waals surface area contributed by atoms with Gasteiger partial charge in [-0.3, -0.25) is 9.69 Å². The number of amides is 1. The molecule has 3 rings (SSSR count). The third kappa shape index (κ3) is 4.60. The lowest BCUT2D eigenvalue weighted by atomic mass is 9.87. The van der Waals surface area contributed by atoms with Crippen LogP contribution in [0.4, 0.5) is 0 Å². The monoisotopic (exact) mass is 397 g/mol. The molecule has 1 fully saturated rings. The molecule has 2 aromatic carbocycles. The predicted octanol–water partition coefficient (Wildman–Crippen LogP) is 6.00. The Bertz CT molecular complexity index is 895. The second kappa shape index (κ2) is 7.87. The van der Waals surface area contributed by atoms with Crippen molar-refractivity contribution < 1.29 is 9.53 Å². The average Bonchev–Trinajstić information content (AvgIpc) is 2.88. The second-order valence-corrected chi connectivity index (χ2v) is 9.05. The van der Waals surface area contributed by atoms with E-state index in [0.717, 1.165) is 17.1 Å². The Balaban J connectivity index is 1.77. The molecule has 0 saturated carbocycles. The van der Waals surface area contributed by atoms with Gasteiger partial charge in [-0.15, -0.1) is 0 Å². The van der Waals surface area contributed by atoms with Crippen molar-refractivity contribution in [3.63, 3.8) is 0 Å². The fraction of sp³-hybridized carbons (Fsp3) is 0.273. The molecular formula is C22H23NO2S2. The van der Waals surface area contributed by atoms with Crippen LogP contribution < -0.4 is 4.74 Å². The molecular weight excluding hydrogens is 374 g/mol. The Morgan fingerprint density at radius 3 is 2.41 bits per heavy atom. The van der Waals surface area contributed by atoms with Crippen LogP contribution in [0, 0.1) is 0 Å². The van der Waals surface area contributed by atoms with Crippen LogP contribution in [0.5, 0.6) is 11.5 Å². The largest absolute Gasteiger partial charge is 0.457 e. The van der Waals surface area contributed by atoms with Crippen molar-refractivity contribution in [2.24, 2.45) is 0 Å². The van der Waals surface area contributed by atoms with Crippen molar-refractivity contribution >= 4 is 40.3 Å². The van der Waals surface area contributed by atoms with Crippen LogP contribution in [0.15, 0.2) is 53.4 Å². The van der Waals surface area contributed by atoms with Gasteiger partial charge in [0.25, 0.3) is 5.91 Å². The maximum Gasteiger partial charge on any atom is 0.266 e. The number of nitrogens with zero attached hydrogens (tertiary/aromatic N) is 1. The highest BCUT2D eigenvalue weighted by atomic mass is 32.2. The summed E-state index contributed by atoms with van der Waals surface area (Å²) < 4.78 is 6.60. The maximum absolute atomic E-state index is 12.4. The SMILES string of the molecule is CCN1C(=O)/C(=C\c2cccc(Oc3ccc(C(C)(C)C)cc3)c2)SC1=S. The number of thioether (sulfide) groups is 1. The quantitative estimate of drug-likeness (QED) is 0.468. The Labute approximate surface area is 170 Å². The second-order valence-electron chi connectivity index (χ2n) is 7.37. The standard InChI is InChI=1S/C22H23NO2S2/c1-5-23-20(24)19(27-21(23)26)14-15-7-6-8-18(13-15)25-17-11-9-16(10-12-17)22(2,3)4/h6-14H,5H2,1-4H3/b19-14+. The lowest BCUT2D eigenvalue weighted by Crippen LogP contribution is -2.27. The summed E-state index contributed by atoms with van der Waals surface area (Å²) in [6.07, 6.45) is 1.87. The normalized spacial score (nSPS) is 16.3. The fourth-order valence-corrected chi connectivity index (χ4v) is 4.14. The minimum absolute atomic E-state index is 0.0309. The lowest BCUT2D eigenvalue weighted by Gasteiger charge is -2.19. The van der Waals surface area contributed by atoms with Crippen molar-refractivity contribution in [1.29, 1.82) is 0 Å². The van der Waals surface area contributed by atoms with E-state index in [4.69, 9.17) is 17.0 Å². The maximum atomic E-state index is 12.4. The van der Waals surface area contributed by atoms with Crippen molar-refractivity contribution in [3.8, 4) is 11.5 Å². The van der Waals surface area contributed by atoms with Crippen LogP contribution in [0.2, 0.25) is 0 Å². The Morgan fingerprint density at radius 2 is 1.81 bits per heavy atom. The highest BCUT2D eigenvalue weighted by Crippen LogP contribution is 2.33. The van der Waals surface area contributed by atoms with Crippen LogP contribution in [0.1, 0.15) is 38.8 Å². The number of likely N-dealkylation sites (N-methyl/N-ethyl adjacent to an activating group) is 1. The molecule has 1 aliphatic heterocycles. The Kier molecular flexibility index (Phi) is 5.72. The number of carbonyl (C=O) groups excluding carboxylic acids is 1. The van der Waals surface area contributed by atoms with Crippen molar-refractivity contribution in [2.75, 3.05) is 6.54 Å². The van der Waals surface area contributed by atoms with Crippen molar-refractivity contribution in [2.45, 2.75) is 33.1 Å². The molecule has 27 heavy (non-hydrogen) atoms. The zero-order valence-electron chi connectivity index (χ0n) is 16.0. The summed E-state index contributed by atoms with van der Waals surface area (Å²) in [6.45, 7) is 9.08. The summed E-state index contributed by atoms with van der Waals surface area (Å²) in [4.78, 5) is 14.6. The first-order chi connectivity index (χ1) is 12.8. The van der Waals surface area contributed by atoms with Gasteiger partial charge in [0.2, 0.25) is 0 Å². The summed E-state index contributed by atoms with van der Waals surface area (Å²) in [5.74, 6) is 1.49. The van der Waals surface area contributed by atoms with Gasteiger partial charge in [-0.05, 0) is 53.8 Å². The molecule has 140 valence electrons. The molecule has 0 aliphatic carbocycles. The van der Waals surface area contributed by atoms with Crippen molar-refractivity contribution in [3.05, 3.63) is 64.6 Å². The number of hydrogen-bond donors (Lipinski definition) is 0. The van der Waals surface area contributed by atoms with Gasteiger partial charge in [-0.25, -0.2) is 0 Å². The van der Waals surface area contributed by atoms with Gasteiger partial charge in [-0.1, -0.05) is 69.0 Å². The molecule has 1 heterocycles. The molecule has 5 heteroatoms. The molecule has 0 unspecified atom stereocenters. The number of carbonyl (C=O) groups is 1. The van der Waals surface area contributed by atoms with Crippen LogP contribution in [-0.2, 0) is 10.2 Å². The molecule has 2 aromatic rings. The highest BCUT2D eigenvalue weighted by Gasteiger charge is 2.30. The van der Waals surface area contributed by atoms with Crippen molar-refractivity contribution in [1.82, 2.24) is 4.90 Å². The minimum atomic E-state index is -0.0309. The van der Waals surface area contributed by atoms with Crippen LogP contribution in [-0.4, -0.2) is 21.7 Å². The molecule has 0 spiro atoms. The van der Waals surface area contributed by atoms with E-state index in [1.54, 1.807) is 4.90 Å². The van der Waals surface area contributed by atoms with E-state index in [2.05, 4.69) is 32.9 Å². The third-order valence-corrected chi connectivity index (χ3v) is 5.68. The third-order valence-electron chi connectivity index (χ3n) is 4.30. The smallest absolute Gasteiger partial charge is 0.266 e. The van der Waals surface area contributed by atoms with Gasteiger partial charge in [-0.2, -0.15) is 0 Å². The minimum Gasteiger partial charge on any atom is -0.457 e. The molecule has 3 nitrogen and oxygen atoms in total. The fourth-order valence-electron chi connectivity index (χ4n) is 2.75. The van der Waals surface area contributed by atoms with Gasteiger partial charge >= 0.3 is 0 Å². The van der Waals surface area contributed by atoms with Gasteiger partial charge in [0.1, 0.15) is 15.8 Å². The van der Waals surface area contributed by atoms with Crippen LogP contribution in [0.25, 0.3) is 6.08 Å². The first-order valence-corrected chi connectivity index (χ1v) is 10.1. The van der Waals surface area contributed by atoms with E-state index < -0.39 is 0 Å². The van der Waals surface area contributed by atoms with Crippen LogP contribution >= 0.6 is 24.0 Å². The zero-order valence-corrected chi connectivity index (χ0v) is 17.6. The molecule has 0 N–H and O–H groups in total. The molecule has 1 saturated heterocycles. The topological polar surface area (TPSA) is 29.5 Å². The van der Waals surface area contributed by atoms with E-state index in [1.165, 1.54) is 17.3 Å². The molecule has 0 radical (unpaired) electrons. The summed E-state index contributed by atoms with van der Waals surface area (Å²) in [7, 11) is 0. The first kappa shape index (κ1) is 19.6. The number of thiocarbonyl (C=S) groups is 1. The summed E-state index contributed by atoms with van der Waals surface area (Å²) in [5.41, 5.74) is 2.29. The number of ether oxygens (including phenoxy) is 1. The highest BCUT2D eigenvalue weighted by molar-refractivity contribution is 8.26. The number of benzene rings is 2. The molecule has 0 bridgehead atoms. The lowest BCUT2D eigenvalue weighted by molar-refractivity contribution is -0.121. The van der Waals surface area contributed by atoms with Gasteiger partial charge in [0, 0.05) is 6.54 Å². The average molecular weight is 398 g/mol. The molecule has 1 aliphatic rings. The van der Waals surface area contributed by atoms with Crippen LogP contribution in [0.3, 0.4) is 0 Å². The van der Waals surface area contributed by atoms with E-state index in [1.807, 2.05) is 49.4 Å². The number of rotatable bonds is 4. The Morgan fingerprint density at radius 1 is 1.11 bits per heavy atom. The van der Waals surface area contributed by atoms with Gasteiger partial charge in [0.05, 0.1) is 4.91 Å². The van der Waals surface area contributed by atoms with E-state index in [-0.39, 0.29) is 11.3 Å². The predicted molar refractivity (Wildman–Crippen MR) is 117 cm³/mol. The molecule has 1 amide bonds. The van der Waals surface area contributed by atoms with E-state index >= 15 is 0 Å². The summed E-state index contributed by atoms with van der Waals surface area (Å²) >= 11 is 6.60. The summed E-state index contributed by atoms with van der Waals surface area (Å²) in [6, 6.07) is 15.9. The molecule has 0 atom stereocenters. The summed E-state index contributed by atoms with van der Waals surface area (Å²) in [5, 5.41) is 0. The van der Waals surface area contributed by atoms with E-state index in [9.17, 15) is 4.79 Å². The molecule has 0 aromatic heterocycles. The van der Waals surface area contributed by atoms with Gasteiger partial charge < -0.3 is 4.74 Å². The zero-order chi connectivity index (χ0) is 19.6. The van der Waals surface area contributed by atoms with E-state index in [0.29, 0.717) is 15.8 Å². The Hall–Kier alpha value is -2.11. The van der Waals surface area contributed by atoms with Gasteiger partial charge in [0.15, 0.2) is 0 Å². The first-order valence-electron chi connectivity index (χ1n) is 8.92.